The van der Waals surface area contributed by atoms with Gasteiger partial charge in [0.2, 0.25) is 11.8 Å². The summed E-state index contributed by atoms with van der Waals surface area (Å²) in [6, 6.07) is 10.8. The fraction of sp³-hybridized carbons (Fsp3) is 0.667. The molecular formula is C24H35N3O2. The van der Waals surface area contributed by atoms with Crippen LogP contribution in [0, 0.1) is 0 Å². The molecule has 0 aromatic heterocycles. The molecule has 2 amide bonds. The van der Waals surface area contributed by atoms with E-state index in [0.717, 1.165) is 45.3 Å². The van der Waals surface area contributed by atoms with Crippen LogP contribution >= 0.6 is 0 Å². The third-order valence-electron chi connectivity index (χ3n) is 7.09. The van der Waals surface area contributed by atoms with E-state index in [1.165, 1.54) is 31.2 Å². The monoisotopic (exact) mass is 397 g/mol. The van der Waals surface area contributed by atoms with Gasteiger partial charge in [-0.05, 0) is 57.2 Å². The minimum Gasteiger partial charge on any atom is -0.338 e. The summed E-state index contributed by atoms with van der Waals surface area (Å²) in [7, 11) is 0. The van der Waals surface area contributed by atoms with Crippen molar-refractivity contribution in [2.45, 2.75) is 76.4 Å². The molecule has 3 heterocycles. The molecular weight excluding hydrogens is 362 g/mol. The number of carbonyl (C=O) groups is 2. The molecule has 5 heteroatoms. The van der Waals surface area contributed by atoms with Gasteiger partial charge in [0.25, 0.3) is 0 Å². The first-order valence-electron chi connectivity index (χ1n) is 11.5. The molecule has 3 saturated heterocycles. The zero-order valence-corrected chi connectivity index (χ0v) is 17.8. The normalized spacial score (nSPS) is 28.5. The molecule has 3 aliphatic heterocycles. The van der Waals surface area contributed by atoms with E-state index < -0.39 is 0 Å². The van der Waals surface area contributed by atoms with Gasteiger partial charge in [-0.15, -0.1) is 0 Å². The molecule has 3 aliphatic rings. The van der Waals surface area contributed by atoms with Gasteiger partial charge in [-0.1, -0.05) is 43.2 Å². The summed E-state index contributed by atoms with van der Waals surface area (Å²) in [5.74, 6) is 0.397. The predicted octanol–water partition coefficient (Wildman–Crippen LogP) is 3.61. The van der Waals surface area contributed by atoms with E-state index in [4.69, 9.17) is 0 Å². The molecule has 158 valence electrons. The minimum atomic E-state index is 0.0747. The van der Waals surface area contributed by atoms with Crippen molar-refractivity contribution in [2.24, 2.45) is 0 Å². The van der Waals surface area contributed by atoms with Crippen molar-refractivity contribution in [1.29, 1.82) is 0 Å². The highest BCUT2D eigenvalue weighted by molar-refractivity contribution is 5.80. The van der Waals surface area contributed by atoms with E-state index in [1.807, 2.05) is 11.0 Å². The van der Waals surface area contributed by atoms with Crippen molar-refractivity contribution in [3.05, 3.63) is 35.9 Å². The number of hydrogen-bond acceptors (Lipinski definition) is 3. The first-order chi connectivity index (χ1) is 14.1. The van der Waals surface area contributed by atoms with Crippen molar-refractivity contribution in [3.63, 3.8) is 0 Å². The fourth-order valence-corrected chi connectivity index (χ4v) is 5.67. The van der Waals surface area contributed by atoms with Gasteiger partial charge in [-0.3, -0.25) is 14.5 Å². The summed E-state index contributed by atoms with van der Waals surface area (Å²) in [6.07, 6.45) is 8.93. The van der Waals surface area contributed by atoms with Gasteiger partial charge in [-0.2, -0.15) is 0 Å². The second-order valence-electron chi connectivity index (χ2n) is 9.00. The highest BCUT2D eigenvalue weighted by Crippen LogP contribution is 2.42. The molecule has 3 fully saturated rings. The van der Waals surface area contributed by atoms with Gasteiger partial charge in [0.15, 0.2) is 0 Å². The van der Waals surface area contributed by atoms with E-state index in [0.29, 0.717) is 6.54 Å². The van der Waals surface area contributed by atoms with Crippen LogP contribution in [0.4, 0.5) is 0 Å². The largest absolute Gasteiger partial charge is 0.338 e. The quantitative estimate of drug-likeness (QED) is 0.783. The van der Waals surface area contributed by atoms with Crippen LogP contribution < -0.4 is 0 Å². The van der Waals surface area contributed by atoms with Crippen LogP contribution in [0.5, 0.6) is 0 Å². The van der Waals surface area contributed by atoms with Crippen molar-refractivity contribution in [2.75, 3.05) is 26.2 Å². The third kappa shape index (κ3) is 4.50. The van der Waals surface area contributed by atoms with Crippen LogP contribution in [0.25, 0.3) is 0 Å². The number of likely N-dealkylation sites (tertiary alicyclic amines) is 3. The lowest BCUT2D eigenvalue weighted by molar-refractivity contribution is -0.138. The maximum absolute atomic E-state index is 13.6. The summed E-state index contributed by atoms with van der Waals surface area (Å²) in [5.41, 5.74) is 1.20. The molecule has 3 atom stereocenters. The zero-order valence-electron chi connectivity index (χ0n) is 17.8. The Morgan fingerprint density at radius 3 is 2.28 bits per heavy atom. The number of rotatable bonds is 3. The smallest absolute Gasteiger partial charge is 0.237 e. The first kappa shape index (κ1) is 20.4. The highest BCUT2D eigenvalue weighted by Gasteiger charge is 2.47. The van der Waals surface area contributed by atoms with Gasteiger partial charge in [0, 0.05) is 13.5 Å². The summed E-state index contributed by atoms with van der Waals surface area (Å²) in [4.78, 5) is 32.6. The van der Waals surface area contributed by atoms with Gasteiger partial charge >= 0.3 is 0 Å². The van der Waals surface area contributed by atoms with Gasteiger partial charge in [-0.25, -0.2) is 0 Å². The predicted molar refractivity (Wildman–Crippen MR) is 114 cm³/mol. The Morgan fingerprint density at radius 1 is 0.897 bits per heavy atom. The number of benzene rings is 1. The van der Waals surface area contributed by atoms with Crippen LogP contribution in [0.15, 0.2) is 30.3 Å². The third-order valence-corrected chi connectivity index (χ3v) is 7.09. The molecule has 0 bridgehead atoms. The Bertz CT molecular complexity index is 699. The number of carbonyl (C=O) groups excluding carboxylic acids is 2. The van der Waals surface area contributed by atoms with Crippen LogP contribution in [-0.4, -0.2) is 64.8 Å². The molecule has 0 saturated carbocycles. The molecule has 1 aromatic carbocycles. The second-order valence-corrected chi connectivity index (χ2v) is 9.00. The lowest BCUT2D eigenvalue weighted by atomic mass is 10.0. The summed E-state index contributed by atoms with van der Waals surface area (Å²) in [5, 5.41) is 0. The van der Waals surface area contributed by atoms with Crippen molar-refractivity contribution in [3.8, 4) is 0 Å². The van der Waals surface area contributed by atoms with E-state index in [1.54, 1.807) is 6.92 Å². The van der Waals surface area contributed by atoms with Crippen molar-refractivity contribution < 1.29 is 9.59 Å². The molecule has 0 unspecified atom stereocenters. The summed E-state index contributed by atoms with van der Waals surface area (Å²) < 4.78 is 0. The summed E-state index contributed by atoms with van der Waals surface area (Å²) >= 11 is 0. The Kier molecular flexibility index (Phi) is 6.53. The standard InChI is InChI=1S/C24H35N3O2/c1-19(28)26-16-10-7-13-21-23(26)17-22(20-11-5-4-6-12-20)27(21)24(29)18-25-14-8-2-3-9-15-25/h4-6,11-12,21-23H,2-3,7-10,13-18H2,1H3/t21-,22-,23+/m0/s1. The molecule has 0 aliphatic carbocycles. The van der Waals surface area contributed by atoms with Crippen molar-refractivity contribution in [1.82, 2.24) is 14.7 Å². The molecule has 4 rings (SSSR count). The van der Waals surface area contributed by atoms with Gasteiger partial charge < -0.3 is 9.80 Å². The second kappa shape index (κ2) is 9.29. The molecule has 0 N–H and O–H groups in total. The van der Waals surface area contributed by atoms with E-state index in [9.17, 15) is 9.59 Å². The van der Waals surface area contributed by atoms with Crippen LogP contribution in [-0.2, 0) is 9.59 Å². The van der Waals surface area contributed by atoms with Gasteiger partial charge in [0.1, 0.15) is 0 Å². The van der Waals surface area contributed by atoms with Crippen molar-refractivity contribution >= 4 is 11.8 Å². The number of nitrogens with zero attached hydrogens (tertiary/aromatic N) is 3. The average Bonchev–Trinajstić information content (AvgIpc) is 2.87. The molecule has 0 radical (unpaired) electrons. The molecule has 29 heavy (non-hydrogen) atoms. The lowest BCUT2D eigenvalue weighted by Gasteiger charge is -2.35. The molecule has 5 nitrogen and oxygen atoms in total. The van der Waals surface area contributed by atoms with E-state index >= 15 is 0 Å². The molecule has 0 spiro atoms. The molecule has 1 aromatic rings. The van der Waals surface area contributed by atoms with Crippen LogP contribution in [0.3, 0.4) is 0 Å². The topological polar surface area (TPSA) is 43.9 Å². The maximum atomic E-state index is 13.6. The van der Waals surface area contributed by atoms with Crippen LogP contribution in [0.1, 0.15) is 69.9 Å². The maximum Gasteiger partial charge on any atom is 0.237 e. The Hall–Kier alpha value is -1.88. The SMILES string of the molecule is CC(=O)N1CCCC[C@H]2[C@H]1C[C@@H](c1ccccc1)N2C(=O)CN1CCCCCC1. The lowest BCUT2D eigenvalue weighted by Crippen LogP contribution is -2.49. The Morgan fingerprint density at radius 2 is 1.59 bits per heavy atom. The number of amides is 2. The van der Waals surface area contributed by atoms with E-state index in [-0.39, 0.29) is 29.9 Å². The Labute approximate surface area is 175 Å². The van der Waals surface area contributed by atoms with Gasteiger partial charge in [0.05, 0.1) is 24.7 Å². The minimum absolute atomic E-state index is 0.0747. The number of fused-ring (bicyclic) bond motifs is 1. The number of hydrogen-bond donors (Lipinski definition) is 0. The van der Waals surface area contributed by atoms with Crippen LogP contribution in [0.2, 0.25) is 0 Å². The summed E-state index contributed by atoms with van der Waals surface area (Å²) in [6.45, 7) is 5.09. The highest BCUT2D eigenvalue weighted by atomic mass is 16.2. The fourth-order valence-electron chi connectivity index (χ4n) is 5.67. The zero-order chi connectivity index (χ0) is 20.2. The first-order valence-corrected chi connectivity index (χ1v) is 11.5. The van der Waals surface area contributed by atoms with E-state index in [2.05, 4.69) is 34.1 Å². The average molecular weight is 398 g/mol. The Balaban J connectivity index is 1.61.